The van der Waals surface area contributed by atoms with Crippen LogP contribution in [0.4, 0.5) is 10.1 Å². The fraction of sp³-hybridized carbons (Fsp3) is 0.609. The molecule has 0 bridgehead atoms. The highest BCUT2D eigenvalue weighted by Gasteiger charge is 2.37. The van der Waals surface area contributed by atoms with Crippen molar-refractivity contribution in [2.24, 2.45) is 5.41 Å². The van der Waals surface area contributed by atoms with Crippen LogP contribution in [0.1, 0.15) is 53.4 Å². The second kappa shape index (κ2) is 11.1. The number of likely N-dealkylation sites (N-methyl/N-ethyl adjacent to an activating group) is 1. The lowest BCUT2D eigenvalue weighted by atomic mass is 9.92. The van der Waals surface area contributed by atoms with Gasteiger partial charge in [-0.2, -0.15) is 8.70 Å². The van der Waals surface area contributed by atoms with E-state index in [1.807, 2.05) is 0 Å². The van der Waals surface area contributed by atoms with Gasteiger partial charge in [-0.15, -0.1) is 11.8 Å². The first-order valence-corrected chi connectivity index (χ1v) is 13.7. The minimum Gasteiger partial charge on any atom is -0.476 e. The molecule has 0 amide bonds. The van der Waals surface area contributed by atoms with E-state index < -0.39 is 21.8 Å². The summed E-state index contributed by atoms with van der Waals surface area (Å²) in [5.41, 5.74) is 0.658. The zero-order valence-electron chi connectivity index (χ0n) is 20.2. The molecule has 33 heavy (non-hydrogen) atoms. The molecule has 0 unspecified atom stereocenters. The lowest BCUT2D eigenvalue weighted by molar-refractivity contribution is -0.134. The third-order valence-electron chi connectivity index (χ3n) is 5.70. The van der Waals surface area contributed by atoms with E-state index in [4.69, 9.17) is 9.84 Å². The van der Waals surface area contributed by atoms with Crippen LogP contribution >= 0.6 is 11.8 Å². The average Bonchev–Trinajstić information content (AvgIpc) is 2.81. The van der Waals surface area contributed by atoms with Crippen LogP contribution in [0, 0.1) is 5.41 Å². The largest absolute Gasteiger partial charge is 0.476 e. The van der Waals surface area contributed by atoms with Crippen molar-refractivity contribution in [2.45, 2.75) is 69.2 Å². The first kappa shape index (κ1) is 27.5. The number of carboxylic acids is 1. The van der Waals surface area contributed by atoms with E-state index in [1.165, 1.54) is 22.1 Å². The molecule has 1 aromatic carbocycles. The van der Waals surface area contributed by atoms with Crippen LogP contribution in [0.25, 0.3) is 0 Å². The maximum atomic E-state index is 13.6. The van der Waals surface area contributed by atoms with Crippen molar-refractivity contribution in [3.05, 3.63) is 24.2 Å². The van der Waals surface area contributed by atoms with Crippen LogP contribution in [0.15, 0.2) is 34.0 Å². The number of hydrogen-bond acceptors (Lipinski definition) is 6. The summed E-state index contributed by atoms with van der Waals surface area (Å²) in [6.45, 7) is 9.78. The molecule has 1 N–H and O–H groups in total. The number of halogens is 1. The lowest BCUT2D eigenvalue weighted by Gasteiger charge is -2.31. The number of anilines is 1. The van der Waals surface area contributed by atoms with Crippen LogP contribution in [0.3, 0.4) is 0 Å². The molecule has 0 fully saturated rings. The Kier molecular flexibility index (Phi) is 9.24. The number of carboxylic acid groups (broad SMARTS) is 1. The van der Waals surface area contributed by atoms with Gasteiger partial charge in [-0.05, 0) is 30.6 Å². The third-order valence-corrected chi connectivity index (χ3v) is 8.40. The van der Waals surface area contributed by atoms with Crippen molar-refractivity contribution in [1.29, 1.82) is 0 Å². The molecule has 0 radical (unpaired) electrons. The van der Waals surface area contributed by atoms with E-state index in [9.17, 15) is 17.6 Å². The fourth-order valence-electron chi connectivity index (χ4n) is 3.62. The molecule has 10 heteroatoms. The molecule has 1 aliphatic heterocycles. The first-order chi connectivity index (χ1) is 15.3. The van der Waals surface area contributed by atoms with Gasteiger partial charge in [-0.25, -0.2) is 13.2 Å². The average molecular weight is 503 g/mol. The molecule has 7 nitrogen and oxygen atoms in total. The number of sulfonamides is 1. The van der Waals surface area contributed by atoms with Crippen LogP contribution in [-0.2, 0) is 14.8 Å². The Morgan fingerprint density at radius 3 is 2.58 bits per heavy atom. The maximum Gasteiger partial charge on any atom is 0.368 e. The summed E-state index contributed by atoms with van der Waals surface area (Å²) in [6.07, 6.45) is 5.78. The van der Waals surface area contributed by atoms with Crippen molar-refractivity contribution in [2.75, 3.05) is 31.3 Å². The van der Waals surface area contributed by atoms with Gasteiger partial charge in [0.2, 0.25) is 15.9 Å². The molecule has 0 aliphatic carbocycles. The predicted molar refractivity (Wildman–Crippen MR) is 130 cm³/mol. The number of rotatable bonds is 9. The zero-order chi connectivity index (χ0) is 25.0. The summed E-state index contributed by atoms with van der Waals surface area (Å²) in [6, 6.07) is 2.94. The predicted octanol–water partition coefficient (Wildman–Crippen LogP) is 5.12. The van der Waals surface area contributed by atoms with Gasteiger partial charge in [0, 0.05) is 32.2 Å². The van der Waals surface area contributed by atoms with Crippen molar-refractivity contribution < 1.29 is 27.4 Å². The highest BCUT2D eigenvalue weighted by atomic mass is 32.2. The number of benzene rings is 1. The second-order valence-corrected chi connectivity index (χ2v) is 12.2. The van der Waals surface area contributed by atoms with Crippen LogP contribution in [-0.4, -0.2) is 56.2 Å². The summed E-state index contributed by atoms with van der Waals surface area (Å²) in [7, 11) is -2.26. The molecule has 1 atom stereocenters. The summed E-state index contributed by atoms with van der Waals surface area (Å²) < 4.78 is 47.4. The minimum absolute atomic E-state index is 0.0701. The maximum absolute atomic E-state index is 13.6. The van der Waals surface area contributed by atoms with Crippen LogP contribution in [0.5, 0.6) is 5.75 Å². The van der Waals surface area contributed by atoms with Gasteiger partial charge >= 0.3 is 5.97 Å². The Balaban J connectivity index is 2.63. The van der Waals surface area contributed by atoms with Gasteiger partial charge in [-0.3, -0.25) is 0 Å². The highest BCUT2D eigenvalue weighted by molar-refractivity contribution is 7.98. The zero-order valence-corrected chi connectivity index (χ0v) is 21.9. The Morgan fingerprint density at radius 2 is 2.03 bits per heavy atom. The Hall–Kier alpha value is -1.78. The van der Waals surface area contributed by atoms with Gasteiger partial charge in [0.05, 0.1) is 10.6 Å². The van der Waals surface area contributed by atoms with Crippen LogP contribution in [0.2, 0.25) is 0 Å². The molecule has 1 aliphatic rings. The van der Waals surface area contributed by atoms with E-state index in [-0.39, 0.29) is 22.1 Å². The number of ether oxygens (including phenoxy) is 1. The van der Waals surface area contributed by atoms with Crippen LogP contribution < -0.4 is 9.64 Å². The number of fused-ring (bicyclic) bond motifs is 1. The number of carbonyl (C=O) groups is 1. The molecule has 1 aromatic rings. The normalized spacial score (nSPS) is 19.2. The molecular formula is C23H35FN2O5S2. The van der Waals surface area contributed by atoms with E-state index >= 15 is 0 Å². The van der Waals surface area contributed by atoms with E-state index in [1.54, 1.807) is 19.4 Å². The summed E-state index contributed by atoms with van der Waals surface area (Å²) in [5, 5.41) is 8.76. The molecule has 0 saturated carbocycles. The SMILES string of the molecule is CCCC[C@@H]1CN(CCC(C)(C)C)c2cc(SC)c(O/C=C(\F)C(=O)O)cc2S(=O)(=O)N1C. The summed E-state index contributed by atoms with van der Waals surface area (Å²) >= 11 is 1.32. The van der Waals surface area contributed by atoms with E-state index in [0.717, 1.165) is 25.7 Å². The number of aliphatic carboxylic acids is 1. The number of thioether (sulfide) groups is 1. The topological polar surface area (TPSA) is 87.1 Å². The van der Waals surface area contributed by atoms with E-state index in [2.05, 4.69) is 32.6 Å². The van der Waals surface area contributed by atoms with Gasteiger partial charge < -0.3 is 14.7 Å². The van der Waals surface area contributed by atoms with Crippen molar-refractivity contribution in [1.82, 2.24) is 4.31 Å². The lowest BCUT2D eigenvalue weighted by Crippen LogP contribution is -2.42. The molecule has 0 aromatic heterocycles. The van der Waals surface area contributed by atoms with Gasteiger partial charge in [0.25, 0.3) is 0 Å². The molecule has 2 rings (SSSR count). The van der Waals surface area contributed by atoms with E-state index in [0.29, 0.717) is 29.9 Å². The van der Waals surface area contributed by atoms with Crippen molar-refractivity contribution in [3.63, 3.8) is 0 Å². The van der Waals surface area contributed by atoms with Crippen molar-refractivity contribution >= 4 is 33.4 Å². The molecule has 0 saturated heterocycles. The summed E-state index contributed by atoms with van der Waals surface area (Å²) in [4.78, 5) is 13.6. The number of hydrogen-bond donors (Lipinski definition) is 1. The minimum atomic E-state index is -3.85. The molecule has 186 valence electrons. The number of unbranched alkanes of at least 4 members (excludes halogenated alkanes) is 1. The smallest absolute Gasteiger partial charge is 0.368 e. The van der Waals surface area contributed by atoms with Gasteiger partial charge in [-0.1, -0.05) is 40.5 Å². The molecule has 1 heterocycles. The molecule has 0 spiro atoms. The Bertz CT molecular complexity index is 989. The highest BCUT2D eigenvalue weighted by Crippen LogP contribution is 2.41. The second-order valence-electron chi connectivity index (χ2n) is 9.43. The Morgan fingerprint density at radius 1 is 1.36 bits per heavy atom. The quantitative estimate of drug-likeness (QED) is 0.285. The van der Waals surface area contributed by atoms with Gasteiger partial charge in [0.1, 0.15) is 16.9 Å². The first-order valence-electron chi connectivity index (χ1n) is 11.0. The standard InChI is InChI=1S/C23H35FN2O5S2/c1-7-8-9-16-14-26(11-10-23(2,3)4)18-12-20(32-6)19(31-15-17(24)22(27)28)13-21(18)33(29,30)25(16)5/h12-13,15-16H,7-11,14H2,1-6H3,(H,27,28)/b17-15-/t16-/m1/s1. The van der Waals surface area contributed by atoms with Gasteiger partial charge in [0.15, 0.2) is 0 Å². The summed E-state index contributed by atoms with van der Waals surface area (Å²) in [5.74, 6) is -3.13. The van der Waals surface area contributed by atoms with Crippen molar-refractivity contribution in [3.8, 4) is 5.75 Å². The third kappa shape index (κ3) is 6.86. The monoisotopic (exact) mass is 502 g/mol. The molecular weight excluding hydrogens is 467 g/mol. The number of nitrogens with zero attached hydrogens (tertiary/aromatic N) is 2. The fourth-order valence-corrected chi connectivity index (χ4v) is 5.74. The Labute approximate surface area is 201 Å².